The van der Waals surface area contributed by atoms with E-state index < -0.39 is 0 Å². The van der Waals surface area contributed by atoms with Crippen molar-refractivity contribution in [2.75, 3.05) is 32.7 Å². The van der Waals surface area contributed by atoms with Crippen molar-refractivity contribution in [2.24, 2.45) is 5.73 Å². The molecule has 1 rings (SSSR count). The summed E-state index contributed by atoms with van der Waals surface area (Å²) >= 11 is 0. The smallest absolute Gasteiger partial charge is 0.239 e. The van der Waals surface area contributed by atoms with Crippen molar-refractivity contribution in [1.29, 1.82) is 0 Å². The molecular weight excluding hydrogens is 190 g/mol. The van der Waals surface area contributed by atoms with Crippen molar-refractivity contribution >= 4 is 5.91 Å². The molecule has 0 aliphatic carbocycles. The van der Waals surface area contributed by atoms with Crippen molar-refractivity contribution in [3.8, 4) is 12.3 Å². The van der Waals surface area contributed by atoms with Gasteiger partial charge in [-0.15, -0.1) is 6.42 Å². The number of nitrogens with two attached hydrogens (primary N) is 1. The SMILES string of the molecule is C#CCN1CCN(C(=O)[C@H](N)CC)CC1. The van der Waals surface area contributed by atoms with Gasteiger partial charge in [-0.2, -0.15) is 0 Å². The summed E-state index contributed by atoms with van der Waals surface area (Å²) in [7, 11) is 0. The van der Waals surface area contributed by atoms with Gasteiger partial charge >= 0.3 is 0 Å². The molecule has 0 aromatic heterocycles. The van der Waals surface area contributed by atoms with Crippen molar-refractivity contribution < 1.29 is 4.79 Å². The number of carbonyl (C=O) groups is 1. The lowest BCUT2D eigenvalue weighted by Crippen LogP contribution is -2.53. The Morgan fingerprint density at radius 2 is 2.07 bits per heavy atom. The fraction of sp³-hybridized carbons (Fsp3) is 0.727. The fourth-order valence-electron chi connectivity index (χ4n) is 1.66. The molecule has 4 heteroatoms. The summed E-state index contributed by atoms with van der Waals surface area (Å²) in [6.45, 7) is 5.79. The summed E-state index contributed by atoms with van der Waals surface area (Å²) in [5.41, 5.74) is 5.70. The lowest BCUT2D eigenvalue weighted by molar-refractivity contribution is -0.134. The summed E-state index contributed by atoms with van der Waals surface area (Å²) in [6, 6.07) is -0.343. The first-order chi connectivity index (χ1) is 7.19. The van der Waals surface area contributed by atoms with Gasteiger partial charge < -0.3 is 10.6 Å². The molecule has 1 atom stereocenters. The minimum atomic E-state index is -0.343. The van der Waals surface area contributed by atoms with Crippen LogP contribution >= 0.6 is 0 Å². The van der Waals surface area contributed by atoms with Gasteiger partial charge in [0.15, 0.2) is 0 Å². The third-order valence-corrected chi connectivity index (χ3v) is 2.76. The number of hydrogen-bond donors (Lipinski definition) is 1. The zero-order chi connectivity index (χ0) is 11.3. The Kier molecular flexibility index (Phi) is 4.60. The first-order valence-corrected chi connectivity index (χ1v) is 5.39. The van der Waals surface area contributed by atoms with Crippen LogP contribution in [0.5, 0.6) is 0 Å². The molecule has 84 valence electrons. The number of terminal acetylenes is 1. The molecule has 1 aliphatic rings. The van der Waals surface area contributed by atoms with E-state index in [1.165, 1.54) is 0 Å². The van der Waals surface area contributed by atoms with Gasteiger partial charge in [-0.25, -0.2) is 0 Å². The van der Waals surface area contributed by atoms with E-state index in [4.69, 9.17) is 12.2 Å². The molecular formula is C11H19N3O. The number of carbonyl (C=O) groups excluding carboxylic acids is 1. The molecule has 1 fully saturated rings. The Balaban J connectivity index is 2.37. The summed E-state index contributed by atoms with van der Waals surface area (Å²) in [5, 5.41) is 0. The monoisotopic (exact) mass is 209 g/mol. The Labute approximate surface area is 91.4 Å². The minimum absolute atomic E-state index is 0.0675. The van der Waals surface area contributed by atoms with Gasteiger partial charge in [0.25, 0.3) is 0 Å². The van der Waals surface area contributed by atoms with Gasteiger partial charge in [-0.1, -0.05) is 12.8 Å². The average Bonchev–Trinajstić information content (AvgIpc) is 2.28. The highest BCUT2D eigenvalue weighted by Gasteiger charge is 2.23. The second-order valence-corrected chi connectivity index (χ2v) is 3.82. The summed E-state index contributed by atoms with van der Waals surface area (Å²) < 4.78 is 0. The molecule has 1 aliphatic heterocycles. The summed E-state index contributed by atoms with van der Waals surface area (Å²) in [5.74, 6) is 2.68. The van der Waals surface area contributed by atoms with Gasteiger partial charge in [0, 0.05) is 26.2 Å². The molecule has 1 heterocycles. The molecule has 0 spiro atoms. The molecule has 2 N–H and O–H groups in total. The Morgan fingerprint density at radius 3 is 2.53 bits per heavy atom. The van der Waals surface area contributed by atoms with Gasteiger partial charge in [0.1, 0.15) is 0 Å². The predicted molar refractivity (Wildman–Crippen MR) is 60.1 cm³/mol. The number of nitrogens with zero attached hydrogens (tertiary/aromatic N) is 2. The third-order valence-electron chi connectivity index (χ3n) is 2.76. The molecule has 0 saturated carbocycles. The zero-order valence-electron chi connectivity index (χ0n) is 9.28. The third kappa shape index (κ3) is 3.22. The summed E-state index contributed by atoms with van der Waals surface area (Å²) in [4.78, 5) is 15.7. The lowest BCUT2D eigenvalue weighted by atomic mass is 10.2. The largest absolute Gasteiger partial charge is 0.339 e. The van der Waals surface area contributed by atoms with E-state index in [0.29, 0.717) is 13.0 Å². The molecule has 0 bridgehead atoms. The van der Waals surface area contributed by atoms with Crippen LogP contribution < -0.4 is 5.73 Å². The van der Waals surface area contributed by atoms with Crippen LogP contribution in [0.3, 0.4) is 0 Å². The van der Waals surface area contributed by atoms with Gasteiger partial charge in [-0.05, 0) is 6.42 Å². The van der Waals surface area contributed by atoms with E-state index in [1.807, 2.05) is 11.8 Å². The van der Waals surface area contributed by atoms with Crippen LogP contribution in [-0.2, 0) is 4.79 Å². The standard InChI is InChI=1S/C11H19N3O/c1-3-5-13-6-8-14(9-7-13)11(15)10(12)4-2/h1,10H,4-9,12H2,2H3/t10-/m1/s1. The molecule has 1 saturated heterocycles. The molecule has 0 radical (unpaired) electrons. The number of rotatable bonds is 3. The van der Waals surface area contributed by atoms with E-state index >= 15 is 0 Å². The van der Waals surface area contributed by atoms with Crippen molar-refractivity contribution in [3.05, 3.63) is 0 Å². The molecule has 15 heavy (non-hydrogen) atoms. The van der Waals surface area contributed by atoms with Gasteiger partial charge in [-0.3, -0.25) is 9.69 Å². The van der Waals surface area contributed by atoms with E-state index in [9.17, 15) is 4.79 Å². The van der Waals surface area contributed by atoms with E-state index in [0.717, 1.165) is 26.2 Å². The molecule has 0 aromatic rings. The normalized spacial score (nSPS) is 19.7. The minimum Gasteiger partial charge on any atom is -0.339 e. The maximum Gasteiger partial charge on any atom is 0.239 e. The van der Waals surface area contributed by atoms with E-state index in [2.05, 4.69) is 10.8 Å². The lowest BCUT2D eigenvalue weighted by Gasteiger charge is -2.34. The average molecular weight is 209 g/mol. The summed E-state index contributed by atoms with van der Waals surface area (Å²) in [6.07, 6.45) is 5.93. The van der Waals surface area contributed by atoms with E-state index in [-0.39, 0.29) is 11.9 Å². The first-order valence-electron chi connectivity index (χ1n) is 5.39. The highest BCUT2D eigenvalue weighted by Crippen LogP contribution is 2.04. The van der Waals surface area contributed by atoms with Gasteiger partial charge in [0.05, 0.1) is 12.6 Å². The molecule has 0 unspecified atom stereocenters. The predicted octanol–water partition coefficient (Wildman–Crippen LogP) is -0.499. The molecule has 1 amide bonds. The maximum atomic E-state index is 11.7. The van der Waals surface area contributed by atoms with E-state index in [1.54, 1.807) is 0 Å². The van der Waals surface area contributed by atoms with Gasteiger partial charge in [0.2, 0.25) is 5.91 Å². The fourth-order valence-corrected chi connectivity index (χ4v) is 1.66. The van der Waals surface area contributed by atoms with Crippen LogP contribution in [0.4, 0.5) is 0 Å². The Morgan fingerprint density at radius 1 is 1.47 bits per heavy atom. The van der Waals surface area contributed by atoms with Crippen molar-refractivity contribution in [3.63, 3.8) is 0 Å². The topological polar surface area (TPSA) is 49.6 Å². The Bertz CT molecular complexity index is 251. The number of piperazine rings is 1. The zero-order valence-corrected chi connectivity index (χ0v) is 9.28. The van der Waals surface area contributed by atoms with Crippen LogP contribution in [0.2, 0.25) is 0 Å². The van der Waals surface area contributed by atoms with Crippen LogP contribution in [0.1, 0.15) is 13.3 Å². The quantitative estimate of drug-likeness (QED) is 0.638. The van der Waals surface area contributed by atoms with Crippen LogP contribution in [0.25, 0.3) is 0 Å². The number of amides is 1. The van der Waals surface area contributed by atoms with Crippen LogP contribution in [0, 0.1) is 12.3 Å². The second-order valence-electron chi connectivity index (χ2n) is 3.82. The first kappa shape index (κ1) is 12.0. The second kappa shape index (κ2) is 5.74. The van der Waals surface area contributed by atoms with Crippen molar-refractivity contribution in [1.82, 2.24) is 9.80 Å². The van der Waals surface area contributed by atoms with Crippen LogP contribution in [-0.4, -0.2) is 54.5 Å². The Hall–Kier alpha value is -1.05. The number of hydrogen-bond acceptors (Lipinski definition) is 3. The maximum absolute atomic E-state index is 11.7. The highest BCUT2D eigenvalue weighted by atomic mass is 16.2. The highest BCUT2D eigenvalue weighted by molar-refractivity contribution is 5.81. The molecule has 4 nitrogen and oxygen atoms in total. The van der Waals surface area contributed by atoms with Crippen molar-refractivity contribution in [2.45, 2.75) is 19.4 Å². The molecule has 0 aromatic carbocycles. The van der Waals surface area contributed by atoms with Crippen LogP contribution in [0.15, 0.2) is 0 Å².